The van der Waals surface area contributed by atoms with Gasteiger partial charge in [-0.15, -0.1) is 0 Å². The number of amides is 1. The minimum atomic E-state index is -0.391. The van der Waals surface area contributed by atoms with Gasteiger partial charge in [-0.2, -0.15) is 0 Å². The van der Waals surface area contributed by atoms with Crippen molar-refractivity contribution in [2.24, 2.45) is 0 Å². The summed E-state index contributed by atoms with van der Waals surface area (Å²) in [6, 6.07) is 7.87. The van der Waals surface area contributed by atoms with Crippen molar-refractivity contribution in [2.75, 3.05) is 26.7 Å². The van der Waals surface area contributed by atoms with E-state index in [1.807, 2.05) is 29.2 Å². The highest BCUT2D eigenvalue weighted by atomic mass is 35.5. The van der Waals surface area contributed by atoms with Crippen molar-refractivity contribution in [3.05, 3.63) is 34.9 Å². The number of benzene rings is 1. The number of carbonyl (C=O) groups is 1. The second-order valence-corrected chi connectivity index (χ2v) is 5.16. The van der Waals surface area contributed by atoms with Crippen molar-refractivity contribution < 1.29 is 9.53 Å². The Morgan fingerprint density at radius 1 is 1.58 bits per heavy atom. The van der Waals surface area contributed by atoms with Gasteiger partial charge in [-0.05, 0) is 24.6 Å². The van der Waals surface area contributed by atoms with Crippen LogP contribution in [0.4, 0.5) is 0 Å². The minimum absolute atomic E-state index is 0.0380. The predicted molar refractivity (Wildman–Crippen MR) is 75.2 cm³/mol. The molecule has 1 amide bonds. The van der Waals surface area contributed by atoms with Crippen LogP contribution in [0.3, 0.4) is 0 Å². The molecule has 1 aliphatic heterocycles. The molecule has 1 aromatic rings. The van der Waals surface area contributed by atoms with E-state index in [1.165, 1.54) is 0 Å². The number of piperazine rings is 1. The summed E-state index contributed by atoms with van der Waals surface area (Å²) in [5.41, 5.74) is 1.11. The smallest absolute Gasteiger partial charge is 0.251 e. The molecule has 2 rings (SSSR count). The van der Waals surface area contributed by atoms with Crippen LogP contribution in [0.2, 0.25) is 5.02 Å². The van der Waals surface area contributed by atoms with E-state index in [-0.39, 0.29) is 11.9 Å². The first-order valence-corrected chi connectivity index (χ1v) is 6.80. The van der Waals surface area contributed by atoms with Crippen LogP contribution in [-0.4, -0.2) is 43.7 Å². The molecule has 0 spiro atoms. The molecule has 0 aliphatic carbocycles. The van der Waals surface area contributed by atoms with Gasteiger partial charge in [0.25, 0.3) is 5.91 Å². The molecular weight excluding hydrogens is 264 g/mol. The van der Waals surface area contributed by atoms with E-state index in [1.54, 1.807) is 14.0 Å². The maximum Gasteiger partial charge on any atom is 0.251 e. The van der Waals surface area contributed by atoms with Gasteiger partial charge in [0.2, 0.25) is 0 Å². The number of nitrogens with zero attached hydrogens (tertiary/aromatic N) is 1. The molecule has 2 atom stereocenters. The van der Waals surface area contributed by atoms with Gasteiger partial charge in [0.1, 0.15) is 6.10 Å². The Balaban J connectivity index is 2.07. The molecule has 1 aliphatic rings. The average molecular weight is 283 g/mol. The van der Waals surface area contributed by atoms with Crippen molar-refractivity contribution in [2.45, 2.75) is 19.1 Å². The number of halogens is 1. The van der Waals surface area contributed by atoms with Gasteiger partial charge >= 0.3 is 0 Å². The lowest BCUT2D eigenvalue weighted by atomic mass is 10.0. The second kappa shape index (κ2) is 6.37. The number of nitrogens with one attached hydrogen (secondary N) is 1. The van der Waals surface area contributed by atoms with Gasteiger partial charge in [-0.1, -0.05) is 23.7 Å². The maximum atomic E-state index is 12.1. The van der Waals surface area contributed by atoms with E-state index >= 15 is 0 Å². The zero-order valence-electron chi connectivity index (χ0n) is 11.2. The van der Waals surface area contributed by atoms with Crippen LogP contribution in [0.5, 0.6) is 0 Å². The highest BCUT2D eigenvalue weighted by Crippen LogP contribution is 2.21. The Morgan fingerprint density at radius 2 is 2.37 bits per heavy atom. The molecule has 5 heteroatoms. The van der Waals surface area contributed by atoms with Crippen LogP contribution in [0.15, 0.2) is 24.3 Å². The number of hydrogen-bond acceptors (Lipinski definition) is 3. The molecule has 19 heavy (non-hydrogen) atoms. The molecule has 104 valence electrons. The summed E-state index contributed by atoms with van der Waals surface area (Å²) in [5, 5.41) is 4.13. The summed E-state index contributed by atoms with van der Waals surface area (Å²) in [5.74, 6) is 0.0380. The largest absolute Gasteiger partial charge is 0.372 e. The van der Waals surface area contributed by atoms with Crippen molar-refractivity contribution in [1.29, 1.82) is 0 Å². The quantitative estimate of drug-likeness (QED) is 0.920. The Labute approximate surface area is 118 Å². The fourth-order valence-electron chi connectivity index (χ4n) is 2.25. The van der Waals surface area contributed by atoms with Crippen molar-refractivity contribution in [3.63, 3.8) is 0 Å². The summed E-state index contributed by atoms with van der Waals surface area (Å²) in [6.07, 6.45) is -0.391. The fourth-order valence-corrected chi connectivity index (χ4v) is 2.45. The summed E-state index contributed by atoms with van der Waals surface area (Å²) in [7, 11) is 1.55. The molecule has 1 N–H and O–H groups in total. The third kappa shape index (κ3) is 3.47. The standard InChI is InChI=1S/C14H19ClN2O2/c1-10(19-2)14(18)17-7-6-16-13(9-17)11-4-3-5-12(15)8-11/h3-5,8,10,13,16H,6-7,9H2,1-2H3/t10-,13+/m1/s1. The van der Waals surface area contributed by atoms with E-state index in [0.717, 1.165) is 12.1 Å². The van der Waals surface area contributed by atoms with Gasteiger partial charge in [-0.3, -0.25) is 4.79 Å². The SMILES string of the molecule is CO[C@H](C)C(=O)N1CCN[C@H](c2cccc(Cl)c2)C1. The normalized spacial score (nSPS) is 21.2. The van der Waals surface area contributed by atoms with Gasteiger partial charge in [-0.25, -0.2) is 0 Å². The van der Waals surface area contributed by atoms with E-state index in [9.17, 15) is 4.79 Å². The molecule has 4 nitrogen and oxygen atoms in total. The molecular formula is C14H19ClN2O2. The van der Waals surface area contributed by atoms with E-state index in [2.05, 4.69) is 5.32 Å². The molecule has 1 fully saturated rings. The van der Waals surface area contributed by atoms with E-state index in [0.29, 0.717) is 18.1 Å². The van der Waals surface area contributed by atoms with Crippen LogP contribution < -0.4 is 5.32 Å². The highest BCUT2D eigenvalue weighted by molar-refractivity contribution is 6.30. The van der Waals surface area contributed by atoms with Gasteiger partial charge in [0.05, 0.1) is 0 Å². The average Bonchev–Trinajstić information content (AvgIpc) is 2.46. The maximum absolute atomic E-state index is 12.1. The summed E-state index contributed by atoms with van der Waals surface area (Å²) < 4.78 is 5.09. The minimum Gasteiger partial charge on any atom is -0.372 e. The molecule has 0 radical (unpaired) electrons. The lowest BCUT2D eigenvalue weighted by molar-refractivity contribution is -0.142. The lowest BCUT2D eigenvalue weighted by Gasteiger charge is -2.35. The molecule has 0 saturated carbocycles. The predicted octanol–water partition coefficient (Wildman–Crippen LogP) is 1.85. The monoisotopic (exact) mass is 282 g/mol. The number of hydrogen-bond donors (Lipinski definition) is 1. The van der Waals surface area contributed by atoms with Gasteiger partial charge in [0, 0.05) is 37.8 Å². The van der Waals surface area contributed by atoms with Crippen LogP contribution in [0.1, 0.15) is 18.5 Å². The van der Waals surface area contributed by atoms with Crippen LogP contribution >= 0.6 is 11.6 Å². The molecule has 1 saturated heterocycles. The topological polar surface area (TPSA) is 41.6 Å². The zero-order chi connectivity index (χ0) is 13.8. The summed E-state index contributed by atoms with van der Waals surface area (Å²) in [4.78, 5) is 14.0. The number of carbonyl (C=O) groups excluding carboxylic acids is 1. The first-order chi connectivity index (χ1) is 9.11. The Morgan fingerprint density at radius 3 is 3.05 bits per heavy atom. The Kier molecular flexibility index (Phi) is 4.80. The molecule has 1 heterocycles. The number of rotatable bonds is 3. The number of methoxy groups -OCH3 is 1. The fraction of sp³-hybridized carbons (Fsp3) is 0.500. The second-order valence-electron chi connectivity index (χ2n) is 4.72. The Bertz CT molecular complexity index is 453. The zero-order valence-corrected chi connectivity index (χ0v) is 12.0. The van der Waals surface area contributed by atoms with Crippen LogP contribution in [0, 0.1) is 0 Å². The molecule has 0 bridgehead atoms. The first kappa shape index (κ1) is 14.3. The van der Waals surface area contributed by atoms with Crippen molar-refractivity contribution in [1.82, 2.24) is 10.2 Å². The van der Waals surface area contributed by atoms with Crippen molar-refractivity contribution in [3.8, 4) is 0 Å². The number of ether oxygens (including phenoxy) is 1. The van der Waals surface area contributed by atoms with Crippen molar-refractivity contribution >= 4 is 17.5 Å². The van der Waals surface area contributed by atoms with Crippen LogP contribution in [-0.2, 0) is 9.53 Å². The van der Waals surface area contributed by atoms with E-state index in [4.69, 9.17) is 16.3 Å². The molecule has 1 aromatic carbocycles. The summed E-state index contributed by atoms with van der Waals surface area (Å²) in [6.45, 7) is 3.91. The first-order valence-electron chi connectivity index (χ1n) is 6.42. The van der Waals surface area contributed by atoms with Crippen LogP contribution in [0.25, 0.3) is 0 Å². The van der Waals surface area contributed by atoms with E-state index < -0.39 is 6.10 Å². The molecule has 0 aromatic heterocycles. The lowest BCUT2D eigenvalue weighted by Crippen LogP contribution is -2.51. The third-order valence-electron chi connectivity index (χ3n) is 3.44. The van der Waals surface area contributed by atoms with Gasteiger partial charge < -0.3 is 15.0 Å². The summed E-state index contributed by atoms with van der Waals surface area (Å²) >= 11 is 6.01. The van der Waals surface area contributed by atoms with Gasteiger partial charge in [0.15, 0.2) is 0 Å². The third-order valence-corrected chi connectivity index (χ3v) is 3.67. The Hall–Kier alpha value is -1.10. The molecule has 0 unspecified atom stereocenters. The highest BCUT2D eigenvalue weighted by Gasteiger charge is 2.27.